The number of hydrogen-bond donors (Lipinski definition) is 1. The Hall–Kier alpha value is -1.10. The Balaban J connectivity index is 1.63. The van der Waals surface area contributed by atoms with E-state index in [0.29, 0.717) is 6.42 Å². The predicted molar refractivity (Wildman–Crippen MR) is 72.2 cm³/mol. The normalized spacial score (nSPS) is 36.3. The summed E-state index contributed by atoms with van der Waals surface area (Å²) in [5.74, 6) is -0.530. The molecule has 0 aliphatic carbocycles. The average Bonchev–Trinajstić information content (AvgIpc) is 3.07. The number of hydrogen-bond acceptors (Lipinski definition) is 3. The van der Waals surface area contributed by atoms with Crippen molar-refractivity contribution in [2.75, 3.05) is 6.54 Å². The second kappa shape index (κ2) is 5.72. The van der Waals surface area contributed by atoms with Crippen LogP contribution in [0.25, 0.3) is 0 Å². The molecule has 5 heteroatoms. The van der Waals surface area contributed by atoms with Crippen LogP contribution in [0.4, 0.5) is 0 Å². The first-order valence-electron chi connectivity index (χ1n) is 7.83. The maximum Gasteiger partial charge on any atom is 0.303 e. The van der Waals surface area contributed by atoms with Gasteiger partial charge in [-0.2, -0.15) is 0 Å². The standard InChI is InChI=1S/C15H23NO4/c17-14(18)7-4-10-3-1-2-8-16(10)15(19)12-9-11-5-6-13(12)20-11/h10-13H,1-9H2,(H,17,18). The lowest BCUT2D eigenvalue weighted by molar-refractivity contribution is -0.143. The van der Waals surface area contributed by atoms with Crippen LogP contribution < -0.4 is 0 Å². The maximum atomic E-state index is 12.7. The molecule has 4 atom stereocenters. The highest BCUT2D eigenvalue weighted by Crippen LogP contribution is 2.40. The second-order valence-corrected chi connectivity index (χ2v) is 6.33. The average molecular weight is 281 g/mol. The van der Waals surface area contributed by atoms with Crippen molar-refractivity contribution >= 4 is 11.9 Å². The zero-order valence-electron chi connectivity index (χ0n) is 11.8. The molecule has 0 aromatic rings. The van der Waals surface area contributed by atoms with Gasteiger partial charge < -0.3 is 14.7 Å². The van der Waals surface area contributed by atoms with Gasteiger partial charge in [-0.1, -0.05) is 0 Å². The number of carbonyl (C=O) groups excluding carboxylic acids is 1. The summed E-state index contributed by atoms with van der Waals surface area (Å²) in [6, 6.07) is 0.117. The second-order valence-electron chi connectivity index (χ2n) is 6.33. The van der Waals surface area contributed by atoms with E-state index in [2.05, 4.69) is 0 Å². The van der Waals surface area contributed by atoms with E-state index >= 15 is 0 Å². The van der Waals surface area contributed by atoms with Crippen LogP contribution in [0.1, 0.15) is 51.4 Å². The van der Waals surface area contributed by atoms with E-state index in [1.807, 2.05) is 4.90 Å². The third-order valence-corrected chi connectivity index (χ3v) is 5.02. The lowest BCUT2D eigenvalue weighted by Crippen LogP contribution is -2.48. The van der Waals surface area contributed by atoms with Gasteiger partial charge in [-0.05, 0) is 44.9 Å². The molecule has 3 saturated heterocycles. The van der Waals surface area contributed by atoms with Gasteiger partial charge in [-0.25, -0.2) is 0 Å². The van der Waals surface area contributed by atoms with E-state index in [1.165, 1.54) is 0 Å². The molecule has 3 heterocycles. The zero-order valence-corrected chi connectivity index (χ0v) is 11.8. The van der Waals surface area contributed by atoms with Gasteiger partial charge in [-0.15, -0.1) is 0 Å². The SMILES string of the molecule is O=C(O)CCC1CCCCN1C(=O)C1CC2CCC1O2. The summed E-state index contributed by atoms with van der Waals surface area (Å²) >= 11 is 0. The van der Waals surface area contributed by atoms with Crippen molar-refractivity contribution in [3.8, 4) is 0 Å². The third kappa shape index (κ3) is 2.68. The van der Waals surface area contributed by atoms with Gasteiger partial charge in [-0.3, -0.25) is 9.59 Å². The molecular weight excluding hydrogens is 258 g/mol. The largest absolute Gasteiger partial charge is 0.481 e. The van der Waals surface area contributed by atoms with Crippen molar-refractivity contribution in [3.05, 3.63) is 0 Å². The Morgan fingerprint density at radius 3 is 2.70 bits per heavy atom. The van der Waals surface area contributed by atoms with Crippen molar-refractivity contribution in [2.45, 2.75) is 69.6 Å². The Morgan fingerprint density at radius 2 is 2.05 bits per heavy atom. The van der Waals surface area contributed by atoms with Crippen LogP contribution in [0.5, 0.6) is 0 Å². The number of likely N-dealkylation sites (tertiary alicyclic amines) is 1. The Bertz CT molecular complexity index is 397. The van der Waals surface area contributed by atoms with Gasteiger partial charge in [0.1, 0.15) is 0 Å². The summed E-state index contributed by atoms with van der Waals surface area (Å²) in [7, 11) is 0. The summed E-state index contributed by atoms with van der Waals surface area (Å²) in [5.41, 5.74) is 0. The topological polar surface area (TPSA) is 66.8 Å². The van der Waals surface area contributed by atoms with E-state index in [0.717, 1.165) is 45.1 Å². The van der Waals surface area contributed by atoms with Gasteiger partial charge in [0.25, 0.3) is 0 Å². The van der Waals surface area contributed by atoms with Gasteiger partial charge in [0, 0.05) is 19.0 Å². The van der Waals surface area contributed by atoms with Crippen LogP contribution in [0, 0.1) is 5.92 Å². The Morgan fingerprint density at radius 1 is 1.20 bits per heavy atom. The third-order valence-electron chi connectivity index (χ3n) is 5.02. The van der Waals surface area contributed by atoms with E-state index in [4.69, 9.17) is 9.84 Å². The van der Waals surface area contributed by atoms with Gasteiger partial charge >= 0.3 is 5.97 Å². The van der Waals surface area contributed by atoms with Gasteiger partial charge in [0.2, 0.25) is 5.91 Å². The lowest BCUT2D eigenvalue weighted by Gasteiger charge is -2.38. The van der Waals surface area contributed by atoms with Crippen LogP contribution in [-0.4, -0.2) is 46.7 Å². The first-order chi connectivity index (χ1) is 9.65. The number of amides is 1. The quantitative estimate of drug-likeness (QED) is 0.853. The highest BCUT2D eigenvalue weighted by molar-refractivity contribution is 5.80. The fraction of sp³-hybridized carbons (Fsp3) is 0.867. The molecule has 3 aliphatic rings. The molecule has 3 rings (SSSR count). The molecular formula is C15H23NO4. The number of fused-ring (bicyclic) bond motifs is 2. The summed E-state index contributed by atoms with van der Waals surface area (Å²) in [4.78, 5) is 25.5. The maximum absolute atomic E-state index is 12.7. The van der Waals surface area contributed by atoms with Crippen LogP contribution >= 0.6 is 0 Å². The van der Waals surface area contributed by atoms with Crippen LogP contribution in [0.3, 0.4) is 0 Å². The number of aliphatic carboxylic acids is 1. The van der Waals surface area contributed by atoms with Crippen molar-refractivity contribution in [2.24, 2.45) is 5.92 Å². The molecule has 0 saturated carbocycles. The summed E-state index contributed by atoms with van der Waals surface area (Å²) in [6.45, 7) is 0.789. The van der Waals surface area contributed by atoms with Crippen molar-refractivity contribution in [3.63, 3.8) is 0 Å². The van der Waals surface area contributed by atoms with Gasteiger partial charge in [0.05, 0.1) is 18.1 Å². The molecule has 3 fully saturated rings. The van der Waals surface area contributed by atoms with Crippen molar-refractivity contribution in [1.29, 1.82) is 0 Å². The van der Waals surface area contributed by atoms with E-state index in [1.54, 1.807) is 0 Å². The summed E-state index contributed by atoms with van der Waals surface area (Å²) < 4.78 is 5.79. The fourth-order valence-electron chi connectivity index (χ4n) is 3.99. The van der Waals surface area contributed by atoms with Crippen LogP contribution in [-0.2, 0) is 14.3 Å². The van der Waals surface area contributed by atoms with E-state index < -0.39 is 5.97 Å². The molecule has 0 aromatic heterocycles. The van der Waals surface area contributed by atoms with E-state index in [9.17, 15) is 9.59 Å². The molecule has 0 spiro atoms. The minimum atomic E-state index is -0.772. The first-order valence-corrected chi connectivity index (χ1v) is 7.83. The molecule has 4 unspecified atom stereocenters. The molecule has 2 bridgehead atoms. The smallest absolute Gasteiger partial charge is 0.303 e. The summed E-state index contributed by atoms with van der Waals surface area (Å²) in [5, 5.41) is 8.84. The molecule has 0 radical (unpaired) electrons. The van der Waals surface area contributed by atoms with Crippen molar-refractivity contribution < 1.29 is 19.4 Å². The van der Waals surface area contributed by atoms with Gasteiger partial charge in [0.15, 0.2) is 0 Å². The highest BCUT2D eigenvalue weighted by atomic mass is 16.5. The predicted octanol–water partition coefficient (Wildman–Crippen LogP) is 1.80. The Kier molecular flexibility index (Phi) is 3.96. The molecule has 112 valence electrons. The van der Waals surface area contributed by atoms with Crippen LogP contribution in [0.2, 0.25) is 0 Å². The zero-order chi connectivity index (χ0) is 14.1. The number of nitrogens with zero attached hydrogens (tertiary/aromatic N) is 1. The first kappa shape index (κ1) is 13.9. The number of rotatable bonds is 4. The molecule has 1 amide bonds. The summed E-state index contributed by atoms with van der Waals surface area (Å²) in [6.07, 6.45) is 7.20. The highest BCUT2D eigenvalue weighted by Gasteiger charge is 2.46. The molecule has 0 aromatic carbocycles. The molecule has 1 N–H and O–H groups in total. The number of carbonyl (C=O) groups is 2. The van der Waals surface area contributed by atoms with Crippen LogP contribution in [0.15, 0.2) is 0 Å². The van der Waals surface area contributed by atoms with E-state index in [-0.39, 0.29) is 36.5 Å². The number of piperidine rings is 1. The Labute approximate surface area is 119 Å². The van der Waals surface area contributed by atoms with Crippen molar-refractivity contribution in [1.82, 2.24) is 4.90 Å². The minimum absolute atomic E-state index is 0.0270. The minimum Gasteiger partial charge on any atom is -0.481 e. The molecule has 20 heavy (non-hydrogen) atoms. The monoisotopic (exact) mass is 281 g/mol. The molecule has 5 nitrogen and oxygen atoms in total. The lowest BCUT2D eigenvalue weighted by atomic mass is 9.86. The fourth-order valence-corrected chi connectivity index (χ4v) is 3.99. The number of carboxylic acids is 1. The molecule has 3 aliphatic heterocycles. The number of ether oxygens (including phenoxy) is 1. The number of carboxylic acid groups (broad SMARTS) is 1.